The molecule has 1 fully saturated rings. The summed E-state index contributed by atoms with van der Waals surface area (Å²) >= 11 is 0. The fourth-order valence-electron chi connectivity index (χ4n) is 1.56. The lowest BCUT2D eigenvalue weighted by atomic mass is 10.2. The van der Waals surface area contributed by atoms with Crippen LogP contribution in [0.4, 0.5) is 0 Å². The van der Waals surface area contributed by atoms with Crippen LogP contribution in [0.2, 0.25) is 0 Å². The molecular formula is C8H14N2O3. The number of nitro groups is 1. The van der Waals surface area contributed by atoms with E-state index in [1.54, 1.807) is 11.8 Å². The number of likely N-dealkylation sites (tertiary alicyclic amines) is 1. The predicted octanol–water partition coefficient (Wildman–Crippen LogP) is 0.664. The predicted molar refractivity (Wildman–Crippen MR) is 46.9 cm³/mol. The molecule has 0 radical (unpaired) electrons. The molecule has 1 aliphatic heterocycles. The van der Waals surface area contributed by atoms with Gasteiger partial charge in [0.25, 0.3) is 11.9 Å². The van der Waals surface area contributed by atoms with Crippen LogP contribution in [0.25, 0.3) is 0 Å². The van der Waals surface area contributed by atoms with Crippen LogP contribution in [0.15, 0.2) is 0 Å². The number of nitrogens with zero attached hydrogens (tertiary/aromatic N) is 2. The molecule has 1 rings (SSSR count). The molecule has 0 aromatic heterocycles. The van der Waals surface area contributed by atoms with Crippen molar-refractivity contribution >= 4 is 5.91 Å². The Balaban J connectivity index is 2.57. The molecule has 1 amide bonds. The van der Waals surface area contributed by atoms with Gasteiger partial charge in [0.15, 0.2) is 0 Å². The van der Waals surface area contributed by atoms with Crippen LogP contribution in [0, 0.1) is 10.1 Å². The number of rotatable bonds is 3. The molecule has 5 heteroatoms. The average Bonchev–Trinajstić information content (AvgIpc) is 2.56. The summed E-state index contributed by atoms with van der Waals surface area (Å²) in [5, 5.41) is 10.5. The molecule has 1 saturated heterocycles. The van der Waals surface area contributed by atoms with Gasteiger partial charge in [0.1, 0.15) is 0 Å². The van der Waals surface area contributed by atoms with Crippen LogP contribution in [0.5, 0.6) is 0 Å². The molecule has 0 N–H and O–H groups in total. The summed E-state index contributed by atoms with van der Waals surface area (Å²) < 4.78 is 0. The van der Waals surface area contributed by atoms with Crippen molar-refractivity contribution in [2.24, 2.45) is 0 Å². The Labute approximate surface area is 76.9 Å². The Morgan fingerprint density at radius 2 is 2.08 bits per heavy atom. The lowest BCUT2D eigenvalue weighted by Crippen LogP contribution is -2.41. The molecule has 0 bridgehead atoms. The van der Waals surface area contributed by atoms with E-state index in [2.05, 4.69) is 0 Å². The van der Waals surface area contributed by atoms with E-state index < -0.39 is 11.0 Å². The topological polar surface area (TPSA) is 63.5 Å². The van der Waals surface area contributed by atoms with Gasteiger partial charge in [-0.2, -0.15) is 0 Å². The first-order valence-corrected chi connectivity index (χ1v) is 4.59. The van der Waals surface area contributed by atoms with E-state index in [4.69, 9.17) is 0 Å². The van der Waals surface area contributed by atoms with Crippen molar-refractivity contribution in [3.63, 3.8) is 0 Å². The first-order chi connectivity index (χ1) is 6.16. The minimum atomic E-state index is -1.03. The molecule has 1 atom stereocenters. The van der Waals surface area contributed by atoms with Crippen LogP contribution >= 0.6 is 0 Å². The van der Waals surface area contributed by atoms with Gasteiger partial charge in [-0.3, -0.25) is 14.9 Å². The Morgan fingerprint density at radius 3 is 2.46 bits per heavy atom. The average molecular weight is 186 g/mol. The minimum Gasteiger partial charge on any atom is -0.337 e. The maximum absolute atomic E-state index is 11.5. The third-order valence-electron chi connectivity index (χ3n) is 2.34. The van der Waals surface area contributed by atoms with E-state index in [9.17, 15) is 14.9 Å². The number of hydrogen-bond donors (Lipinski definition) is 0. The molecule has 0 spiro atoms. The van der Waals surface area contributed by atoms with E-state index >= 15 is 0 Å². The van der Waals surface area contributed by atoms with Crippen LogP contribution < -0.4 is 0 Å². The monoisotopic (exact) mass is 186 g/mol. The molecule has 74 valence electrons. The minimum absolute atomic E-state index is 0.280. The van der Waals surface area contributed by atoms with E-state index in [0.717, 1.165) is 12.8 Å². The molecule has 1 aliphatic rings. The highest BCUT2D eigenvalue weighted by atomic mass is 16.6. The van der Waals surface area contributed by atoms with Crippen molar-refractivity contribution in [3.8, 4) is 0 Å². The molecule has 0 saturated carbocycles. The Bertz CT molecular complexity index is 211. The van der Waals surface area contributed by atoms with Crippen molar-refractivity contribution in [2.45, 2.75) is 32.2 Å². The van der Waals surface area contributed by atoms with Gasteiger partial charge in [-0.1, -0.05) is 6.92 Å². The summed E-state index contributed by atoms with van der Waals surface area (Å²) in [4.78, 5) is 23.1. The lowest BCUT2D eigenvalue weighted by molar-refractivity contribution is -0.509. The van der Waals surface area contributed by atoms with Crippen molar-refractivity contribution in [1.29, 1.82) is 0 Å². The number of hydrogen-bond acceptors (Lipinski definition) is 3. The van der Waals surface area contributed by atoms with E-state index in [1.807, 2.05) is 0 Å². The molecule has 0 aromatic rings. The van der Waals surface area contributed by atoms with E-state index in [0.29, 0.717) is 13.1 Å². The van der Waals surface area contributed by atoms with Crippen LogP contribution in [-0.2, 0) is 4.79 Å². The van der Waals surface area contributed by atoms with Crippen LogP contribution in [0.1, 0.15) is 26.2 Å². The summed E-state index contributed by atoms with van der Waals surface area (Å²) in [7, 11) is 0. The highest BCUT2D eigenvalue weighted by Gasteiger charge is 2.33. The third-order valence-corrected chi connectivity index (χ3v) is 2.34. The van der Waals surface area contributed by atoms with Gasteiger partial charge in [0.05, 0.1) is 0 Å². The van der Waals surface area contributed by atoms with Crippen molar-refractivity contribution < 1.29 is 9.72 Å². The van der Waals surface area contributed by atoms with Crippen LogP contribution in [0.3, 0.4) is 0 Å². The number of amides is 1. The Kier molecular flexibility index (Phi) is 3.22. The molecule has 1 heterocycles. The summed E-state index contributed by atoms with van der Waals surface area (Å²) in [5.74, 6) is -0.315. The second-order valence-electron chi connectivity index (χ2n) is 3.24. The summed E-state index contributed by atoms with van der Waals surface area (Å²) in [6.45, 7) is 3.04. The third kappa shape index (κ3) is 2.17. The van der Waals surface area contributed by atoms with Gasteiger partial charge in [0.2, 0.25) is 0 Å². The molecule has 0 aliphatic carbocycles. The fourth-order valence-corrected chi connectivity index (χ4v) is 1.56. The summed E-state index contributed by atoms with van der Waals surface area (Å²) in [6, 6.07) is -1.03. The lowest BCUT2D eigenvalue weighted by Gasteiger charge is -2.16. The van der Waals surface area contributed by atoms with Gasteiger partial charge in [-0.05, 0) is 12.8 Å². The number of carbonyl (C=O) groups excluding carboxylic acids is 1. The second-order valence-corrected chi connectivity index (χ2v) is 3.24. The zero-order valence-electron chi connectivity index (χ0n) is 7.73. The van der Waals surface area contributed by atoms with E-state index in [-0.39, 0.29) is 12.3 Å². The second kappa shape index (κ2) is 4.20. The molecule has 5 nitrogen and oxygen atoms in total. The van der Waals surface area contributed by atoms with Crippen molar-refractivity contribution in [1.82, 2.24) is 4.90 Å². The SMILES string of the molecule is CCC(C(=O)N1CCCC1)[N+](=O)[O-]. The molecule has 1 unspecified atom stereocenters. The maximum Gasteiger partial charge on any atom is 0.297 e. The summed E-state index contributed by atoms with van der Waals surface area (Å²) in [5.41, 5.74) is 0. The Hall–Kier alpha value is -1.13. The van der Waals surface area contributed by atoms with Gasteiger partial charge in [-0.15, -0.1) is 0 Å². The first kappa shape index (κ1) is 9.95. The van der Waals surface area contributed by atoms with Gasteiger partial charge < -0.3 is 4.90 Å². The fraction of sp³-hybridized carbons (Fsp3) is 0.875. The summed E-state index contributed by atoms with van der Waals surface area (Å²) in [6.07, 6.45) is 2.22. The van der Waals surface area contributed by atoms with Crippen molar-refractivity contribution in [2.75, 3.05) is 13.1 Å². The standard InChI is InChI=1S/C8H14N2O3/c1-2-7(10(12)13)8(11)9-5-3-4-6-9/h7H,2-6H2,1H3. The molecule has 0 aromatic carbocycles. The number of carbonyl (C=O) groups is 1. The van der Waals surface area contributed by atoms with E-state index in [1.165, 1.54) is 0 Å². The zero-order chi connectivity index (χ0) is 9.84. The Morgan fingerprint density at radius 1 is 1.54 bits per heavy atom. The smallest absolute Gasteiger partial charge is 0.297 e. The zero-order valence-corrected chi connectivity index (χ0v) is 7.73. The molecule has 13 heavy (non-hydrogen) atoms. The first-order valence-electron chi connectivity index (χ1n) is 4.59. The van der Waals surface area contributed by atoms with Crippen molar-refractivity contribution in [3.05, 3.63) is 10.1 Å². The van der Waals surface area contributed by atoms with Gasteiger partial charge >= 0.3 is 0 Å². The van der Waals surface area contributed by atoms with Crippen LogP contribution in [-0.4, -0.2) is 34.9 Å². The van der Waals surface area contributed by atoms with Gasteiger partial charge in [-0.25, -0.2) is 0 Å². The van der Waals surface area contributed by atoms with Gasteiger partial charge in [0, 0.05) is 24.4 Å². The normalized spacial score (nSPS) is 18.7. The quantitative estimate of drug-likeness (QED) is 0.480. The largest absolute Gasteiger partial charge is 0.337 e. The maximum atomic E-state index is 11.5. The highest BCUT2D eigenvalue weighted by Crippen LogP contribution is 2.11. The molecular weight excluding hydrogens is 172 g/mol. The highest BCUT2D eigenvalue weighted by molar-refractivity contribution is 5.80.